The Kier molecular flexibility index (Phi) is 4.05. The molecule has 4 nitrogen and oxygen atoms in total. The summed E-state index contributed by atoms with van der Waals surface area (Å²) >= 11 is 5.45. The molecule has 0 saturated heterocycles. The van der Waals surface area contributed by atoms with Gasteiger partial charge < -0.3 is 4.74 Å². The fraction of sp³-hybridized carbons (Fsp3) is 0.111. The molecule has 80 valence electrons. The third-order valence-corrected chi connectivity index (χ3v) is 1.72. The summed E-state index contributed by atoms with van der Waals surface area (Å²) in [5.74, 6) is -1.10. The van der Waals surface area contributed by atoms with Gasteiger partial charge in [-0.2, -0.15) is 5.10 Å². The van der Waals surface area contributed by atoms with Crippen molar-refractivity contribution in [3.63, 3.8) is 0 Å². The van der Waals surface area contributed by atoms with Crippen molar-refractivity contribution < 1.29 is 13.9 Å². The molecule has 0 atom stereocenters. The lowest BCUT2D eigenvalue weighted by Gasteiger charge is -2.00. The van der Waals surface area contributed by atoms with Gasteiger partial charge in [-0.05, 0) is 24.3 Å². The van der Waals surface area contributed by atoms with Gasteiger partial charge in [0.25, 0.3) is 0 Å². The predicted octanol–water partition coefficient (Wildman–Crippen LogP) is 1.96. The number of esters is 1. The molecule has 0 aliphatic carbocycles. The summed E-state index contributed by atoms with van der Waals surface area (Å²) < 4.78 is 16.8. The van der Waals surface area contributed by atoms with Crippen LogP contribution in [0.5, 0.6) is 0 Å². The van der Waals surface area contributed by atoms with Gasteiger partial charge in [-0.3, -0.25) is 5.43 Å². The standard InChI is InChI=1S/C9H8ClFN2O2/c1-15-9(14)8(10)13-12-7-4-2-6(11)3-5-7/h2-5,12H,1H3/b13-8-. The second-order valence-electron chi connectivity index (χ2n) is 2.51. The first-order valence-electron chi connectivity index (χ1n) is 3.96. The lowest BCUT2D eigenvalue weighted by atomic mass is 10.3. The highest BCUT2D eigenvalue weighted by Gasteiger charge is 2.07. The van der Waals surface area contributed by atoms with Gasteiger partial charge in [0.15, 0.2) is 0 Å². The van der Waals surface area contributed by atoms with Crippen LogP contribution < -0.4 is 5.43 Å². The minimum absolute atomic E-state index is 0.332. The van der Waals surface area contributed by atoms with Gasteiger partial charge >= 0.3 is 5.97 Å². The molecular formula is C9H8ClFN2O2. The highest BCUT2D eigenvalue weighted by Crippen LogP contribution is 2.08. The number of ether oxygens (including phenoxy) is 1. The summed E-state index contributed by atoms with van der Waals surface area (Å²) in [7, 11) is 1.19. The second kappa shape index (κ2) is 5.31. The van der Waals surface area contributed by atoms with Crippen LogP contribution in [0.15, 0.2) is 29.4 Å². The van der Waals surface area contributed by atoms with Crippen molar-refractivity contribution in [2.45, 2.75) is 0 Å². The molecule has 0 spiro atoms. The SMILES string of the molecule is COC(=O)/C(Cl)=N/Nc1ccc(F)cc1. The molecule has 0 saturated carbocycles. The van der Waals surface area contributed by atoms with E-state index in [1.165, 1.54) is 31.4 Å². The Balaban J connectivity index is 2.63. The Morgan fingerprint density at radius 2 is 2.07 bits per heavy atom. The van der Waals surface area contributed by atoms with Gasteiger partial charge in [-0.1, -0.05) is 11.6 Å². The summed E-state index contributed by atoms with van der Waals surface area (Å²) in [4.78, 5) is 10.8. The van der Waals surface area contributed by atoms with Crippen LogP contribution >= 0.6 is 11.6 Å². The number of nitrogens with zero attached hydrogens (tertiary/aromatic N) is 1. The molecule has 0 bridgehead atoms. The lowest BCUT2D eigenvalue weighted by Crippen LogP contribution is -2.11. The Hall–Kier alpha value is -1.62. The van der Waals surface area contributed by atoms with Crippen molar-refractivity contribution in [1.82, 2.24) is 0 Å². The Morgan fingerprint density at radius 1 is 1.47 bits per heavy atom. The molecule has 0 unspecified atom stereocenters. The predicted molar refractivity (Wildman–Crippen MR) is 55.3 cm³/mol. The van der Waals surface area contributed by atoms with Crippen LogP contribution in [0.25, 0.3) is 0 Å². The number of nitrogens with one attached hydrogen (secondary N) is 1. The summed E-state index contributed by atoms with van der Waals surface area (Å²) in [5.41, 5.74) is 2.99. The van der Waals surface area contributed by atoms with E-state index in [0.717, 1.165) is 0 Å². The van der Waals surface area contributed by atoms with E-state index in [4.69, 9.17) is 11.6 Å². The topological polar surface area (TPSA) is 50.7 Å². The van der Waals surface area contributed by atoms with Crippen LogP contribution in [0, 0.1) is 5.82 Å². The van der Waals surface area contributed by atoms with E-state index in [-0.39, 0.29) is 11.0 Å². The Morgan fingerprint density at radius 3 is 2.60 bits per heavy atom. The summed E-state index contributed by atoms with van der Waals surface area (Å²) in [6.45, 7) is 0. The number of hydrogen-bond acceptors (Lipinski definition) is 4. The van der Waals surface area contributed by atoms with Gasteiger partial charge in [-0.15, -0.1) is 0 Å². The molecule has 0 fully saturated rings. The summed E-state index contributed by atoms with van der Waals surface area (Å²) in [6.07, 6.45) is 0. The van der Waals surface area contributed by atoms with Crippen LogP contribution in [0.4, 0.5) is 10.1 Å². The van der Waals surface area contributed by atoms with Crippen molar-refractivity contribution in [2.24, 2.45) is 5.10 Å². The molecular weight excluding hydrogens is 223 g/mol. The first-order valence-corrected chi connectivity index (χ1v) is 4.34. The van der Waals surface area contributed by atoms with E-state index in [2.05, 4.69) is 15.3 Å². The molecule has 1 rings (SSSR count). The molecule has 1 aromatic rings. The fourth-order valence-corrected chi connectivity index (χ4v) is 0.887. The maximum atomic E-state index is 12.5. The van der Waals surface area contributed by atoms with Crippen LogP contribution in [0.2, 0.25) is 0 Å². The molecule has 0 aliphatic heterocycles. The van der Waals surface area contributed by atoms with E-state index in [1.54, 1.807) is 0 Å². The quantitative estimate of drug-likeness (QED) is 0.491. The van der Waals surface area contributed by atoms with Crippen molar-refractivity contribution in [1.29, 1.82) is 0 Å². The van der Waals surface area contributed by atoms with Gasteiger partial charge in [-0.25, -0.2) is 9.18 Å². The number of carbonyl (C=O) groups is 1. The first-order chi connectivity index (χ1) is 7.13. The van der Waals surface area contributed by atoms with E-state index < -0.39 is 5.97 Å². The number of rotatable bonds is 3. The minimum atomic E-state index is -0.744. The molecule has 15 heavy (non-hydrogen) atoms. The third kappa shape index (κ3) is 3.55. The molecule has 0 heterocycles. The largest absolute Gasteiger partial charge is 0.464 e. The zero-order valence-electron chi connectivity index (χ0n) is 7.83. The molecule has 1 N–H and O–H groups in total. The maximum Gasteiger partial charge on any atom is 0.370 e. The average molecular weight is 231 g/mol. The molecule has 0 aliphatic rings. The number of carbonyl (C=O) groups excluding carboxylic acids is 1. The van der Waals surface area contributed by atoms with E-state index in [9.17, 15) is 9.18 Å². The highest BCUT2D eigenvalue weighted by atomic mass is 35.5. The van der Waals surface area contributed by atoms with Crippen molar-refractivity contribution in [3.05, 3.63) is 30.1 Å². The van der Waals surface area contributed by atoms with E-state index in [1.807, 2.05) is 0 Å². The first kappa shape index (κ1) is 11.5. The van der Waals surface area contributed by atoms with Gasteiger partial charge in [0.05, 0.1) is 12.8 Å². The number of anilines is 1. The van der Waals surface area contributed by atoms with E-state index >= 15 is 0 Å². The maximum absolute atomic E-state index is 12.5. The second-order valence-corrected chi connectivity index (χ2v) is 2.87. The zero-order valence-corrected chi connectivity index (χ0v) is 8.58. The van der Waals surface area contributed by atoms with Gasteiger partial charge in [0.1, 0.15) is 5.82 Å². The van der Waals surface area contributed by atoms with Crippen molar-refractivity contribution in [3.8, 4) is 0 Å². The monoisotopic (exact) mass is 230 g/mol. The minimum Gasteiger partial charge on any atom is -0.464 e. The fourth-order valence-electron chi connectivity index (χ4n) is 0.768. The Labute approximate surface area is 90.7 Å². The van der Waals surface area contributed by atoms with Gasteiger partial charge in [0, 0.05) is 0 Å². The number of hydrazone groups is 1. The lowest BCUT2D eigenvalue weighted by molar-refractivity contribution is -0.132. The van der Waals surface area contributed by atoms with Crippen LogP contribution in [-0.4, -0.2) is 18.2 Å². The number of halogens is 2. The van der Waals surface area contributed by atoms with Crippen LogP contribution in [0.3, 0.4) is 0 Å². The highest BCUT2D eigenvalue weighted by molar-refractivity contribution is 6.82. The third-order valence-electron chi connectivity index (χ3n) is 1.48. The molecule has 0 aromatic heterocycles. The number of hydrogen-bond donors (Lipinski definition) is 1. The molecule has 0 radical (unpaired) electrons. The summed E-state index contributed by atoms with van der Waals surface area (Å²) in [5, 5.41) is 3.20. The smallest absolute Gasteiger partial charge is 0.370 e. The van der Waals surface area contributed by atoms with Crippen LogP contribution in [0.1, 0.15) is 0 Å². The molecule has 1 aromatic carbocycles. The number of methoxy groups -OCH3 is 1. The molecule has 0 amide bonds. The van der Waals surface area contributed by atoms with Crippen molar-refractivity contribution >= 4 is 28.4 Å². The van der Waals surface area contributed by atoms with Crippen molar-refractivity contribution in [2.75, 3.05) is 12.5 Å². The summed E-state index contributed by atoms with van der Waals surface area (Å²) in [6, 6.07) is 5.42. The van der Waals surface area contributed by atoms with Crippen LogP contribution in [-0.2, 0) is 9.53 Å². The molecule has 6 heteroatoms. The average Bonchev–Trinajstić information content (AvgIpc) is 2.26. The zero-order chi connectivity index (χ0) is 11.3. The Bertz CT molecular complexity index is 378. The van der Waals surface area contributed by atoms with Gasteiger partial charge in [0.2, 0.25) is 5.17 Å². The van der Waals surface area contributed by atoms with E-state index in [0.29, 0.717) is 5.69 Å². The number of benzene rings is 1. The normalized spacial score (nSPS) is 11.0.